The lowest BCUT2D eigenvalue weighted by molar-refractivity contribution is 0.193. The molecule has 4 heteroatoms. The fourth-order valence-corrected chi connectivity index (χ4v) is 2.26. The van der Waals surface area contributed by atoms with Gasteiger partial charge in [0.2, 0.25) is 0 Å². The zero-order chi connectivity index (χ0) is 14.1. The third-order valence-electron chi connectivity index (χ3n) is 3.36. The van der Waals surface area contributed by atoms with Gasteiger partial charge in [0.05, 0.1) is 0 Å². The van der Waals surface area contributed by atoms with Gasteiger partial charge in [-0.2, -0.15) is 0 Å². The van der Waals surface area contributed by atoms with Gasteiger partial charge in [0.1, 0.15) is 0 Å². The molecule has 0 amide bonds. The van der Waals surface area contributed by atoms with Gasteiger partial charge in [-0.15, -0.1) is 0 Å². The van der Waals surface area contributed by atoms with Crippen LogP contribution >= 0.6 is 11.6 Å². The number of benzene rings is 1. The van der Waals surface area contributed by atoms with Crippen LogP contribution in [0.1, 0.15) is 24.9 Å². The average Bonchev–Trinajstić information content (AvgIpc) is 2.42. The SMILES string of the molecule is COCCCNCCN(C)C(C)c1ccccc1Cl. The molecular weight excluding hydrogens is 260 g/mol. The minimum atomic E-state index is 0.328. The van der Waals surface area contributed by atoms with Gasteiger partial charge < -0.3 is 10.1 Å². The van der Waals surface area contributed by atoms with Crippen LogP contribution in [0.15, 0.2) is 24.3 Å². The van der Waals surface area contributed by atoms with Gasteiger partial charge in [0, 0.05) is 37.9 Å². The van der Waals surface area contributed by atoms with E-state index in [-0.39, 0.29) is 0 Å². The molecule has 3 nitrogen and oxygen atoms in total. The van der Waals surface area contributed by atoms with E-state index in [0.29, 0.717) is 6.04 Å². The zero-order valence-corrected chi connectivity index (χ0v) is 12.9. The van der Waals surface area contributed by atoms with E-state index in [4.69, 9.17) is 16.3 Å². The fraction of sp³-hybridized carbons (Fsp3) is 0.600. The summed E-state index contributed by atoms with van der Waals surface area (Å²) in [4.78, 5) is 2.31. The number of hydrogen-bond donors (Lipinski definition) is 1. The van der Waals surface area contributed by atoms with E-state index in [0.717, 1.165) is 37.7 Å². The number of nitrogens with one attached hydrogen (secondary N) is 1. The van der Waals surface area contributed by atoms with Crippen LogP contribution in [-0.4, -0.2) is 45.3 Å². The molecule has 0 bridgehead atoms. The highest BCUT2D eigenvalue weighted by Crippen LogP contribution is 2.25. The normalized spacial score (nSPS) is 12.9. The summed E-state index contributed by atoms with van der Waals surface area (Å²) in [6.07, 6.45) is 1.06. The van der Waals surface area contributed by atoms with E-state index in [1.807, 2.05) is 18.2 Å². The third kappa shape index (κ3) is 5.91. The second-order valence-corrected chi connectivity index (χ2v) is 5.18. The molecule has 0 radical (unpaired) electrons. The molecule has 108 valence electrons. The molecule has 0 saturated heterocycles. The molecule has 1 aromatic carbocycles. The smallest absolute Gasteiger partial charge is 0.0474 e. The van der Waals surface area contributed by atoms with Gasteiger partial charge in [-0.25, -0.2) is 0 Å². The molecule has 1 atom stereocenters. The van der Waals surface area contributed by atoms with E-state index in [1.165, 1.54) is 5.56 Å². The summed E-state index contributed by atoms with van der Waals surface area (Å²) in [6.45, 7) is 5.99. The van der Waals surface area contributed by atoms with Crippen molar-refractivity contribution in [2.75, 3.05) is 40.4 Å². The van der Waals surface area contributed by atoms with E-state index in [1.54, 1.807) is 7.11 Å². The van der Waals surface area contributed by atoms with Crippen LogP contribution < -0.4 is 5.32 Å². The lowest BCUT2D eigenvalue weighted by atomic mass is 10.1. The first-order chi connectivity index (χ1) is 9.16. The molecule has 0 aliphatic heterocycles. The molecule has 0 heterocycles. The molecule has 1 unspecified atom stereocenters. The van der Waals surface area contributed by atoms with Crippen molar-refractivity contribution < 1.29 is 4.74 Å². The van der Waals surface area contributed by atoms with E-state index in [9.17, 15) is 0 Å². The molecule has 0 aliphatic carbocycles. The van der Waals surface area contributed by atoms with Crippen LogP contribution in [0.3, 0.4) is 0 Å². The van der Waals surface area contributed by atoms with Crippen molar-refractivity contribution in [3.05, 3.63) is 34.9 Å². The zero-order valence-electron chi connectivity index (χ0n) is 12.2. The highest BCUT2D eigenvalue weighted by molar-refractivity contribution is 6.31. The van der Waals surface area contributed by atoms with Crippen LogP contribution in [0.2, 0.25) is 5.02 Å². The van der Waals surface area contributed by atoms with Crippen LogP contribution in [0.25, 0.3) is 0 Å². The second kappa shape index (κ2) is 9.32. The van der Waals surface area contributed by atoms with Gasteiger partial charge in [-0.3, -0.25) is 4.90 Å². The molecule has 19 heavy (non-hydrogen) atoms. The Morgan fingerprint density at radius 1 is 1.32 bits per heavy atom. The number of rotatable bonds is 9. The Kier molecular flexibility index (Phi) is 8.07. The summed E-state index contributed by atoms with van der Waals surface area (Å²) in [7, 11) is 3.86. The first kappa shape index (κ1) is 16.4. The van der Waals surface area contributed by atoms with Gasteiger partial charge >= 0.3 is 0 Å². The van der Waals surface area contributed by atoms with Crippen LogP contribution in [-0.2, 0) is 4.74 Å². The predicted molar refractivity (Wildman–Crippen MR) is 81.9 cm³/mol. The number of methoxy groups -OCH3 is 1. The molecule has 0 spiro atoms. The molecule has 1 rings (SSSR count). The molecule has 0 aliphatic rings. The average molecular weight is 285 g/mol. The monoisotopic (exact) mass is 284 g/mol. The molecule has 0 saturated carbocycles. The molecule has 0 fully saturated rings. The largest absolute Gasteiger partial charge is 0.385 e. The molecule has 1 aromatic rings. The summed E-state index contributed by atoms with van der Waals surface area (Å²) in [5.74, 6) is 0. The van der Waals surface area contributed by atoms with Gasteiger partial charge in [0.25, 0.3) is 0 Å². The summed E-state index contributed by atoms with van der Waals surface area (Å²) >= 11 is 6.23. The van der Waals surface area contributed by atoms with Crippen molar-refractivity contribution in [3.8, 4) is 0 Å². The maximum atomic E-state index is 6.23. The Morgan fingerprint density at radius 3 is 2.74 bits per heavy atom. The summed E-state index contributed by atoms with van der Waals surface area (Å²) < 4.78 is 5.01. The van der Waals surface area contributed by atoms with Crippen LogP contribution in [0, 0.1) is 0 Å². The molecule has 0 aromatic heterocycles. The number of hydrogen-bond acceptors (Lipinski definition) is 3. The second-order valence-electron chi connectivity index (χ2n) is 4.77. The van der Waals surface area contributed by atoms with Crippen molar-refractivity contribution in [2.24, 2.45) is 0 Å². The Morgan fingerprint density at radius 2 is 2.05 bits per heavy atom. The van der Waals surface area contributed by atoms with Gasteiger partial charge in [0.15, 0.2) is 0 Å². The molecular formula is C15H25ClN2O. The highest BCUT2D eigenvalue weighted by atomic mass is 35.5. The minimum absolute atomic E-state index is 0.328. The van der Waals surface area contributed by atoms with Crippen LogP contribution in [0.4, 0.5) is 0 Å². The standard InChI is InChI=1S/C15H25ClN2O/c1-13(14-7-4-5-8-15(14)16)18(2)11-10-17-9-6-12-19-3/h4-5,7-8,13,17H,6,9-12H2,1-3H3. The maximum Gasteiger partial charge on any atom is 0.0474 e. The summed E-state index contributed by atoms with van der Waals surface area (Å²) in [6, 6.07) is 8.37. The van der Waals surface area contributed by atoms with E-state index < -0.39 is 0 Å². The maximum absolute atomic E-state index is 6.23. The fourth-order valence-electron chi connectivity index (χ4n) is 1.97. The highest BCUT2D eigenvalue weighted by Gasteiger charge is 2.13. The number of halogens is 1. The first-order valence-corrected chi connectivity index (χ1v) is 7.19. The van der Waals surface area contributed by atoms with E-state index in [2.05, 4.69) is 30.3 Å². The Bertz CT molecular complexity index is 360. The summed E-state index contributed by atoms with van der Waals surface area (Å²) in [5, 5.41) is 4.26. The van der Waals surface area contributed by atoms with Gasteiger partial charge in [-0.05, 0) is 38.6 Å². The van der Waals surface area contributed by atoms with Crippen molar-refractivity contribution in [2.45, 2.75) is 19.4 Å². The Hall–Kier alpha value is -0.610. The lowest BCUT2D eigenvalue weighted by Gasteiger charge is -2.26. The van der Waals surface area contributed by atoms with Crippen LogP contribution in [0.5, 0.6) is 0 Å². The van der Waals surface area contributed by atoms with Crippen molar-refractivity contribution >= 4 is 11.6 Å². The number of ether oxygens (including phenoxy) is 1. The molecule has 1 N–H and O–H groups in total. The van der Waals surface area contributed by atoms with Crippen molar-refractivity contribution in [1.82, 2.24) is 10.2 Å². The number of likely N-dealkylation sites (N-methyl/N-ethyl adjacent to an activating group) is 1. The Labute approximate surface area is 121 Å². The predicted octanol–water partition coefficient (Wildman–Crippen LogP) is 2.96. The van der Waals surface area contributed by atoms with Gasteiger partial charge in [-0.1, -0.05) is 29.8 Å². The number of nitrogens with zero attached hydrogens (tertiary/aromatic N) is 1. The Balaban J connectivity index is 2.29. The van der Waals surface area contributed by atoms with Crippen molar-refractivity contribution in [3.63, 3.8) is 0 Å². The third-order valence-corrected chi connectivity index (χ3v) is 3.70. The van der Waals surface area contributed by atoms with Crippen molar-refractivity contribution in [1.29, 1.82) is 0 Å². The minimum Gasteiger partial charge on any atom is -0.385 e. The summed E-state index contributed by atoms with van der Waals surface area (Å²) in [5.41, 5.74) is 1.19. The lowest BCUT2D eigenvalue weighted by Crippen LogP contribution is -2.32. The first-order valence-electron chi connectivity index (χ1n) is 6.81. The topological polar surface area (TPSA) is 24.5 Å². The van der Waals surface area contributed by atoms with E-state index >= 15 is 0 Å². The quantitative estimate of drug-likeness (QED) is 0.706.